The zero-order valence-corrected chi connectivity index (χ0v) is 13.2. The minimum atomic E-state index is -0.885. The Balaban J connectivity index is 3.04. The molecule has 0 aliphatic carbocycles. The van der Waals surface area contributed by atoms with E-state index in [0.29, 0.717) is 6.61 Å². The van der Waals surface area contributed by atoms with Crippen LogP contribution in [0.15, 0.2) is 0 Å². The summed E-state index contributed by atoms with van der Waals surface area (Å²) in [6, 6.07) is -0.636. The summed E-state index contributed by atoms with van der Waals surface area (Å²) in [6.07, 6.45) is 14.4. The summed E-state index contributed by atoms with van der Waals surface area (Å²) < 4.78 is 5.30. The smallest absolute Gasteiger partial charge is 0.364 e. The van der Waals surface area contributed by atoms with Gasteiger partial charge < -0.3 is 15.6 Å². The molecule has 0 saturated heterocycles. The van der Waals surface area contributed by atoms with Gasteiger partial charge in [0, 0.05) is 6.61 Å². The lowest BCUT2D eigenvalue weighted by atomic mass is 10.1. The van der Waals surface area contributed by atoms with Crippen molar-refractivity contribution >= 4 is 5.97 Å². The van der Waals surface area contributed by atoms with Crippen LogP contribution in [-0.2, 0) is 9.53 Å². The van der Waals surface area contributed by atoms with E-state index in [1.165, 1.54) is 64.2 Å². The highest BCUT2D eigenvalue weighted by atomic mass is 16.5. The second kappa shape index (κ2) is 14.8. The van der Waals surface area contributed by atoms with Crippen molar-refractivity contribution in [3.63, 3.8) is 0 Å². The first-order chi connectivity index (χ1) is 9.68. The van der Waals surface area contributed by atoms with E-state index in [9.17, 15) is 4.79 Å². The SMILES string of the molecule is CCCCCCCCCCCCCOCC([NH3+])C(=O)O. The summed E-state index contributed by atoms with van der Waals surface area (Å²) in [4.78, 5) is 10.5. The largest absolute Gasteiger partial charge is 0.477 e. The third-order valence-electron chi connectivity index (χ3n) is 3.56. The molecular weight excluding hydrogens is 254 g/mol. The number of rotatable bonds is 15. The first-order valence-corrected chi connectivity index (χ1v) is 8.32. The summed E-state index contributed by atoms with van der Waals surface area (Å²) >= 11 is 0. The molecule has 0 fully saturated rings. The van der Waals surface area contributed by atoms with E-state index in [1.807, 2.05) is 0 Å². The number of aliphatic carboxylic acids is 1. The van der Waals surface area contributed by atoms with Crippen molar-refractivity contribution in [2.24, 2.45) is 0 Å². The molecule has 0 bridgehead atoms. The van der Waals surface area contributed by atoms with Crippen molar-refractivity contribution in [3.8, 4) is 0 Å². The van der Waals surface area contributed by atoms with Gasteiger partial charge in [0.1, 0.15) is 6.61 Å². The standard InChI is InChI=1S/C16H33NO3/c1-2-3-4-5-6-7-8-9-10-11-12-13-20-14-15(17)16(18)19/h15H,2-14,17H2,1H3,(H,18,19)/p+1. The fourth-order valence-corrected chi connectivity index (χ4v) is 2.17. The van der Waals surface area contributed by atoms with Crippen LogP contribution in [0.25, 0.3) is 0 Å². The van der Waals surface area contributed by atoms with Gasteiger partial charge in [-0.15, -0.1) is 0 Å². The van der Waals surface area contributed by atoms with Crippen molar-refractivity contribution in [1.82, 2.24) is 0 Å². The lowest BCUT2D eigenvalue weighted by Crippen LogP contribution is -2.67. The molecule has 0 spiro atoms. The fourth-order valence-electron chi connectivity index (χ4n) is 2.17. The third-order valence-corrected chi connectivity index (χ3v) is 3.56. The number of carbonyl (C=O) groups is 1. The van der Waals surface area contributed by atoms with E-state index < -0.39 is 12.0 Å². The Bertz CT molecular complexity index is 222. The van der Waals surface area contributed by atoms with E-state index in [-0.39, 0.29) is 6.61 Å². The lowest BCUT2D eigenvalue weighted by Gasteiger charge is -2.05. The van der Waals surface area contributed by atoms with Crippen LogP contribution in [0.1, 0.15) is 77.6 Å². The Kier molecular flexibility index (Phi) is 14.3. The maximum atomic E-state index is 10.5. The molecule has 0 heterocycles. The van der Waals surface area contributed by atoms with Crippen molar-refractivity contribution < 1.29 is 20.4 Å². The van der Waals surface area contributed by atoms with E-state index in [1.54, 1.807) is 0 Å². The number of quaternary nitrogens is 1. The quantitative estimate of drug-likeness (QED) is 0.455. The van der Waals surface area contributed by atoms with Gasteiger partial charge in [0.2, 0.25) is 6.04 Å². The van der Waals surface area contributed by atoms with Crippen molar-refractivity contribution in [3.05, 3.63) is 0 Å². The Morgan fingerprint density at radius 3 is 1.85 bits per heavy atom. The summed E-state index contributed by atoms with van der Waals surface area (Å²) in [5, 5.41) is 8.63. The zero-order valence-electron chi connectivity index (χ0n) is 13.2. The number of hydrogen-bond donors (Lipinski definition) is 2. The molecule has 0 aromatic heterocycles. The van der Waals surface area contributed by atoms with E-state index in [2.05, 4.69) is 12.7 Å². The molecule has 0 aliphatic heterocycles. The second-order valence-electron chi connectivity index (χ2n) is 5.65. The highest BCUT2D eigenvalue weighted by Gasteiger charge is 2.14. The minimum absolute atomic E-state index is 0.229. The Hall–Kier alpha value is -0.610. The van der Waals surface area contributed by atoms with Crippen LogP contribution in [0.5, 0.6) is 0 Å². The van der Waals surface area contributed by atoms with Crippen LogP contribution in [0.3, 0.4) is 0 Å². The Morgan fingerprint density at radius 2 is 1.40 bits per heavy atom. The molecule has 120 valence electrons. The molecule has 0 aromatic rings. The molecule has 0 amide bonds. The third kappa shape index (κ3) is 13.8. The van der Waals surface area contributed by atoms with E-state index in [4.69, 9.17) is 9.84 Å². The first kappa shape index (κ1) is 19.4. The number of hydrogen-bond acceptors (Lipinski definition) is 2. The van der Waals surface area contributed by atoms with Gasteiger partial charge in [0.25, 0.3) is 0 Å². The second-order valence-corrected chi connectivity index (χ2v) is 5.65. The van der Waals surface area contributed by atoms with E-state index >= 15 is 0 Å². The maximum absolute atomic E-state index is 10.5. The zero-order chi connectivity index (χ0) is 15.1. The minimum Gasteiger partial charge on any atom is -0.477 e. The molecule has 0 rings (SSSR count). The number of unbranched alkanes of at least 4 members (excludes halogenated alkanes) is 10. The van der Waals surface area contributed by atoms with Gasteiger partial charge in [-0.3, -0.25) is 0 Å². The van der Waals surface area contributed by atoms with Gasteiger partial charge in [-0.25, -0.2) is 4.79 Å². The molecule has 0 saturated carbocycles. The molecule has 4 nitrogen and oxygen atoms in total. The first-order valence-electron chi connectivity index (χ1n) is 8.32. The van der Waals surface area contributed by atoms with Crippen LogP contribution >= 0.6 is 0 Å². The van der Waals surface area contributed by atoms with Crippen LogP contribution < -0.4 is 5.73 Å². The van der Waals surface area contributed by atoms with Gasteiger partial charge >= 0.3 is 5.97 Å². The molecular formula is C16H34NO3+. The van der Waals surface area contributed by atoms with Crippen LogP contribution in [0.4, 0.5) is 0 Å². The predicted octanol–water partition coefficient (Wildman–Crippen LogP) is 3.01. The van der Waals surface area contributed by atoms with Crippen LogP contribution in [0, 0.1) is 0 Å². The molecule has 20 heavy (non-hydrogen) atoms. The molecule has 1 unspecified atom stereocenters. The van der Waals surface area contributed by atoms with Crippen molar-refractivity contribution in [1.29, 1.82) is 0 Å². The summed E-state index contributed by atoms with van der Waals surface area (Å²) in [5.74, 6) is -0.885. The van der Waals surface area contributed by atoms with Gasteiger partial charge in [0.05, 0.1) is 0 Å². The molecule has 4 N–H and O–H groups in total. The van der Waals surface area contributed by atoms with Crippen molar-refractivity contribution in [2.45, 2.75) is 83.6 Å². The normalized spacial score (nSPS) is 12.5. The van der Waals surface area contributed by atoms with Crippen LogP contribution in [-0.4, -0.2) is 30.3 Å². The number of carboxylic acids is 1. The topological polar surface area (TPSA) is 74.2 Å². The monoisotopic (exact) mass is 288 g/mol. The highest BCUT2D eigenvalue weighted by Crippen LogP contribution is 2.11. The fraction of sp³-hybridized carbons (Fsp3) is 0.938. The van der Waals surface area contributed by atoms with Crippen molar-refractivity contribution in [2.75, 3.05) is 13.2 Å². The molecule has 0 aromatic carbocycles. The van der Waals surface area contributed by atoms with Gasteiger partial charge in [-0.1, -0.05) is 71.1 Å². The Morgan fingerprint density at radius 1 is 0.950 bits per heavy atom. The van der Waals surface area contributed by atoms with Gasteiger partial charge in [0.15, 0.2) is 0 Å². The van der Waals surface area contributed by atoms with Gasteiger partial charge in [-0.05, 0) is 6.42 Å². The average molecular weight is 288 g/mol. The van der Waals surface area contributed by atoms with E-state index in [0.717, 1.165) is 6.42 Å². The summed E-state index contributed by atoms with van der Waals surface area (Å²) in [5.41, 5.74) is 3.51. The maximum Gasteiger partial charge on any atom is 0.364 e. The number of ether oxygens (including phenoxy) is 1. The molecule has 4 heteroatoms. The summed E-state index contributed by atoms with van der Waals surface area (Å²) in [6.45, 7) is 3.14. The highest BCUT2D eigenvalue weighted by molar-refractivity contribution is 5.71. The lowest BCUT2D eigenvalue weighted by molar-refractivity contribution is -0.414. The number of carboxylic acid groups (broad SMARTS) is 1. The summed E-state index contributed by atoms with van der Waals surface area (Å²) in [7, 11) is 0. The molecule has 1 atom stereocenters. The van der Waals surface area contributed by atoms with Crippen LogP contribution in [0.2, 0.25) is 0 Å². The molecule has 0 radical (unpaired) electrons. The van der Waals surface area contributed by atoms with Gasteiger partial charge in [-0.2, -0.15) is 0 Å². The predicted molar refractivity (Wildman–Crippen MR) is 81.6 cm³/mol. The Labute approximate surface area is 124 Å². The molecule has 0 aliphatic rings. The average Bonchev–Trinajstić information content (AvgIpc) is 2.43.